The Hall–Kier alpha value is -2.81. The van der Waals surface area contributed by atoms with E-state index in [-0.39, 0.29) is 23.9 Å². The number of carbonyl (C=O) groups is 2. The molecule has 3 aliphatic rings. The molecule has 2 fully saturated rings. The van der Waals surface area contributed by atoms with Gasteiger partial charge in [-0.1, -0.05) is 18.2 Å². The van der Waals surface area contributed by atoms with Gasteiger partial charge in [-0.25, -0.2) is 4.68 Å². The lowest BCUT2D eigenvalue weighted by molar-refractivity contribution is -0.132. The second-order valence-corrected chi connectivity index (χ2v) is 9.28. The van der Waals surface area contributed by atoms with E-state index in [0.29, 0.717) is 37.0 Å². The number of thioether (sulfide) groups is 1. The number of hydrogen-bond donors (Lipinski definition) is 0. The molecule has 0 N–H and O–H groups in total. The van der Waals surface area contributed by atoms with E-state index in [0.717, 1.165) is 36.5 Å². The number of nitrogens with zero attached hydrogens (tertiary/aromatic N) is 5. The summed E-state index contributed by atoms with van der Waals surface area (Å²) in [7, 11) is 0. The Morgan fingerprint density at radius 1 is 1.06 bits per heavy atom. The maximum atomic E-state index is 13.1. The maximum absolute atomic E-state index is 13.1. The summed E-state index contributed by atoms with van der Waals surface area (Å²) in [5, 5.41) is 4.23. The van der Waals surface area contributed by atoms with Gasteiger partial charge in [0.2, 0.25) is 11.8 Å². The van der Waals surface area contributed by atoms with Crippen molar-refractivity contribution in [1.82, 2.24) is 14.7 Å². The van der Waals surface area contributed by atoms with Crippen molar-refractivity contribution in [2.75, 3.05) is 48.3 Å². The van der Waals surface area contributed by atoms with Crippen molar-refractivity contribution in [3.05, 3.63) is 46.9 Å². The third-order valence-corrected chi connectivity index (χ3v) is 7.08. The van der Waals surface area contributed by atoms with Gasteiger partial charge in [0.1, 0.15) is 12.2 Å². The zero-order valence-electron chi connectivity index (χ0n) is 17.3. The van der Waals surface area contributed by atoms with E-state index in [1.807, 2.05) is 18.2 Å². The van der Waals surface area contributed by atoms with Crippen molar-refractivity contribution in [3.8, 4) is 0 Å². The van der Waals surface area contributed by atoms with Crippen LogP contribution in [0.25, 0.3) is 0 Å². The molecule has 1 aliphatic carbocycles. The summed E-state index contributed by atoms with van der Waals surface area (Å²) in [5.41, 5.74) is 1.19. The number of benzene rings is 1. The molecule has 1 saturated carbocycles. The van der Waals surface area contributed by atoms with E-state index in [1.165, 1.54) is 16.4 Å². The highest BCUT2D eigenvalue weighted by Gasteiger charge is 2.34. The molecule has 1 aromatic heterocycles. The number of rotatable bonds is 5. The number of anilines is 2. The van der Waals surface area contributed by atoms with Crippen LogP contribution in [0, 0.1) is 5.92 Å². The van der Waals surface area contributed by atoms with Crippen molar-refractivity contribution in [2.24, 2.45) is 5.92 Å². The van der Waals surface area contributed by atoms with E-state index in [2.05, 4.69) is 22.1 Å². The highest BCUT2D eigenvalue weighted by molar-refractivity contribution is 8.00. The topological polar surface area (TPSA) is 78.8 Å². The number of hydrogen-bond acceptors (Lipinski definition) is 6. The molecule has 0 radical (unpaired) electrons. The Kier molecular flexibility index (Phi) is 5.43. The summed E-state index contributed by atoms with van der Waals surface area (Å²) in [6, 6.07) is 10.2. The van der Waals surface area contributed by atoms with Gasteiger partial charge < -0.3 is 14.7 Å². The monoisotopic (exact) mass is 439 g/mol. The van der Waals surface area contributed by atoms with Gasteiger partial charge in [0.25, 0.3) is 5.56 Å². The third kappa shape index (κ3) is 4.19. The molecule has 1 aromatic carbocycles. The van der Waals surface area contributed by atoms with Gasteiger partial charge in [0, 0.05) is 38.4 Å². The van der Waals surface area contributed by atoms with Gasteiger partial charge in [0.15, 0.2) is 0 Å². The van der Waals surface area contributed by atoms with Crippen molar-refractivity contribution in [3.63, 3.8) is 0 Å². The average Bonchev–Trinajstić information content (AvgIpc) is 3.62. The van der Waals surface area contributed by atoms with Crippen LogP contribution in [0.4, 0.5) is 11.4 Å². The Bertz CT molecular complexity index is 1040. The minimum absolute atomic E-state index is 0.0392. The normalized spacial score (nSPS) is 18.8. The van der Waals surface area contributed by atoms with Gasteiger partial charge in [-0.05, 0) is 30.9 Å². The lowest BCUT2D eigenvalue weighted by Gasteiger charge is -2.36. The Balaban J connectivity index is 1.28. The van der Waals surface area contributed by atoms with Crippen LogP contribution in [0.2, 0.25) is 0 Å². The number of fused-ring (bicyclic) bond motifs is 1. The molecule has 2 aromatic rings. The molecule has 9 heteroatoms. The standard InChI is InChI=1S/C22H25N5O3S/c28-19(25-10-8-24(9-11-25)17-4-2-1-3-5-17)14-27-22(30)21-18(12-23-27)31-15-20(29)26(21)13-16-6-7-16/h1-5,12,16H,6-11,13-15H2. The molecular formula is C22H25N5O3S. The van der Waals surface area contributed by atoms with E-state index >= 15 is 0 Å². The summed E-state index contributed by atoms with van der Waals surface area (Å²) >= 11 is 1.35. The molecule has 0 bridgehead atoms. The summed E-state index contributed by atoms with van der Waals surface area (Å²) in [4.78, 5) is 44.9. The van der Waals surface area contributed by atoms with E-state index in [9.17, 15) is 14.4 Å². The number of para-hydroxylation sites is 1. The molecular weight excluding hydrogens is 414 g/mol. The number of aromatic nitrogens is 2. The fraction of sp³-hybridized carbons (Fsp3) is 0.455. The zero-order valence-corrected chi connectivity index (χ0v) is 18.1. The molecule has 2 amide bonds. The predicted molar refractivity (Wildman–Crippen MR) is 120 cm³/mol. The number of amides is 2. The van der Waals surface area contributed by atoms with Gasteiger partial charge in [-0.2, -0.15) is 5.10 Å². The van der Waals surface area contributed by atoms with Crippen LogP contribution in [0.1, 0.15) is 12.8 Å². The van der Waals surface area contributed by atoms with Crippen molar-refractivity contribution in [2.45, 2.75) is 24.3 Å². The first-order chi connectivity index (χ1) is 15.1. The molecule has 2 aliphatic heterocycles. The first-order valence-corrected chi connectivity index (χ1v) is 11.7. The molecule has 0 atom stereocenters. The smallest absolute Gasteiger partial charge is 0.292 e. The fourth-order valence-corrected chi connectivity index (χ4v) is 5.00. The SMILES string of the molecule is O=C(Cn1ncc2c(c1=O)N(CC1CC1)C(=O)CS2)N1CCN(c2ccccc2)CC1. The third-order valence-electron chi connectivity index (χ3n) is 6.08. The molecule has 3 heterocycles. The molecule has 1 saturated heterocycles. The van der Waals surface area contributed by atoms with Crippen LogP contribution in [0.3, 0.4) is 0 Å². The van der Waals surface area contributed by atoms with Gasteiger partial charge in [-0.3, -0.25) is 14.4 Å². The lowest BCUT2D eigenvalue weighted by atomic mass is 10.2. The Labute approximate surface area is 184 Å². The first kappa shape index (κ1) is 20.1. The highest BCUT2D eigenvalue weighted by Crippen LogP contribution is 2.36. The van der Waals surface area contributed by atoms with Crippen molar-refractivity contribution < 1.29 is 9.59 Å². The van der Waals surface area contributed by atoms with E-state index in [4.69, 9.17) is 0 Å². The van der Waals surface area contributed by atoms with Crippen LogP contribution >= 0.6 is 11.8 Å². The van der Waals surface area contributed by atoms with Crippen LogP contribution in [0.15, 0.2) is 46.2 Å². The molecule has 0 spiro atoms. The Morgan fingerprint density at radius 3 is 2.52 bits per heavy atom. The molecule has 0 unspecified atom stereocenters. The minimum Gasteiger partial charge on any atom is -0.368 e. The first-order valence-electron chi connectivity index (χ1n) is 10.7. The van der Waals surface area contributed by atoms with Crippen LogP contribution in [-0.2, 0) is 16.1 Å². The zero-order chi connectivity index (χ0) is 21.4. The second-order valence-electron chi connectivity index (χ2n) is 8.26. The molecule has 8 nitrogen and oxygen atoms in total. The van der Waals surface area contributed by atoms with Crippen LogP contribution < -0.4 is 15.4 Å². The summed E-state index contributed by atoms with van der Waals surface area (Å²) in [5.74, 6) is 0.645. The highest BCUT2D eigenvalue weighted by atomic mass is 32.2. The molecule has 162 valence electrons. The number of piperazine rings is 1. The van der Waals surface area contributed by atoms with E-state index < -0.39 is 0 Å². The van der Waals surface area contributed by atoms with E-state index in [1.54, 1.807) is 16.0 Å². The second kappa shape index (κ2) is 8.37. The summed E-state index contributed by atoms with van der Waals surface area (Å²) in [6.45, 7) is 3.20. The van der Waals surface area contributed by atoms with Gasteiger partial charge in [-0.15, -0.1) is 11.8 Å². The molecule has 31 heavy (non-hydrogen) atoms. The van der Waals surface area contributed by atoms with Gasteiger partial charge in [0.05, 0.1) is 16.8 Å². The lowest BCUT2D eigenvalue weighted by Crippen LogP contribution is -2.50. The predicted octanol–water partition coefficient (Wildman–Crippen LogP) is 1.44. The summed E-state index contributed by atoms with van der Waals surface area (Å²) in [6.07, 6.45) is 3.81. The average molecular weight is 440 g/mol. The fourth-order valence-electron chi connectivity index (χ4n) is 4.10. The van der Waals surface area contributed by atoms with Crippen molar-refractivity contribution >= 4 is 35.0 Å². The van der Waals surface area contributed by atoms with Crippen molar-refractivity contribution in [1.29, 1.82) is 0 Å². The Morgan fingerprint density at radius 2 is 1.81 bits per heavy atom. The molecule has 5 rings (SSSR count). The van der Waals surface area contributed by atoms with Gasteiger partial charge >= 0.3 is 0 Å². The maximum Gasteiger partial charge on any atom is 0.292 e. The van der Waals surface area contributed by atoms with Crippen LogP contribution in [-0.4, -0.2) is 65.0 Å². The minimum atomic E-state index is -0.352. The number of carbonyl (C=O) groups excluding carboxylic acids is 2. The largest absolute Gasteiger partial charge is 0.368 e. The quantitative estimate of drug-likeness (QED) is 0.702. The van der Waals surface area contributed by atoms with Crippen LogP contribution in [0.5, 0.6) is 0 Å². The summed E-state index contributed by atoms with van der Waals surface area (Å²) < 4.78 is 1.21.